The summed E-state index contributed by atoms with van der Waals surface area (Å²) >= 11 is 1.28. The molecule has 122 valence electrons. The van der Waals surface area contributed by atoms with Crippen LogP contribution in [0.15, 0.2) is 29.3 Å². The number of hydrogen-bond acceptors (Lipinski definition) is 4. The van der Waals surface area contributed by atoms with Crippen molar-refractivity contribution >= 4 is 38.4 Å². The van der Waals surface area contributed by atoms with Crippen LogP contribution in [0.4, 0.5) is 10.1 Å². The number of hydrogen-bond donors (Lipinski definition) is 0. The molecule has 1 aromatic carbocycles. The van der Waals surface area contributed by atoms with Crippen LogP contribution in [0.3, 0.4) is 0 Å². The first-order valence-corrected chi connectivity index (χ1v) is 10.2. The molecule has 0 aromatic heterocycles. The molecule has 2 atom stereocenters. The number of thioether (sulfide) groups is 1. The Morgan fingerprint density at radius 3 is 2.70 bits per heavy atom. The van der Waals surface area contributed by atoms with Crippen molar-refractivity contribution < 1.29 is 17.6 Å². The zero-order chi connectivity index (χ0) is 16.2. The number of aliphatic imine (C=N–C) groups is 1. The minimum Gasteiger partial charge on any atom is -0.313 e. The molecule has 0 unspecified atom stereocenters. The summed E-state index contributed by atoms with van der Waals surface area (Å²) in [5.41, 5.74) is 0.284. The standard InChI is InChI=1S/C15H15FN2O3S2/c16-10-3-1-2-4-11(10)18-12-7-23(20,21)8-13(12)22-15(18)17-14(19)9-5-6-9/h1-4,9,12-13H,5-8H2/t12-,13-/m1/s1. The highest BCUT2D eigenvalue weighted by atomic mass is 32.2. The Bertz CT molecular complexity index is 805. The van der Waals surface area contributed by atoms with Crippen molar-refractivity contribution in [1.29, 1.82) is 0 Å². The molecule has 1 aromatic rings. The lowest BCUT2D eigenvalue weighted by Crippen LogP contribution is -2.38. The Morgan fingerprint density at radius 2 is 2.00 bits per heavy atom. The maximum absolute atomic E-state index is 14.2. The maximum Gasteiger partial charge on any atom is 0.251 e. The fourth-order valence-electron chi connectivity index (χ4n) is 3.01. The highest BCUT2D eigenvalue weighted by Crippen LogP contribution is 2.42. The van der Waals surface area contributed by atoms with E-state index in [1.165, 1.54) is 17.8 Å². The molecule has 2 saturated heterocycles. The molecular formula is C15H15FN2O3S2. The minimum atomic E-state index is -3.14. The normalized spacial score (nSPS) is 30.7. The van der Waals surface area contributed by atoms with Gasteiger partial charge in [0.25, 0.3) is 5.91 Å². The second kappa shape index (κ2) is 5.31. The molecule has 3 fully saturated rings. The Balaban J connectivity index is 1.75. The van der Waals surface area contributed by atoms with Crippen LogP contribution in [-0.2, 0) is 14.6 Å². The molecule has 2 aliphatic heterocycles. The van der Waals surface area contributed by atoms with Crippen molar-refractivity contribution in [2.45, 2.75) is 24.1 Å². The largest absolute Gasteiger partial charge is 0.313 e. The number of amides is 1. The van der Waals surface area contributed by atoms with Gasteiger partial charge in [0.1, 0.15) is 5.82 Å². The second-order valence-electron chi connectivity index (χ2n) is 6.13. The van der Waals surface area contributed by atoms with Gasteiger partial charge in [0, 0.05) is 11.2 Å². The minimum absolute atomic E-state index is 0.0188. The molecule has 8 heteroatoms. The summed E-state index contributed by atoms with van der Waals surface area (Å²) in [4.78, 5) is 17.8. The summed E-state index contributed by atoms with van der Waals surface area (Å²) < 4.78 is 38.1. The molecular weight excluding hydrogens is 339 g/mol. The van der Waals surface area contributed by atoms with Crippen LogP contribution in [-0.4, -0.2) is 42.3 Å². The van der Waals surface area contributed by atoms with Crippen molar-refractivity contribution in [1.82, 2.24) is 0 Å². The lowest BCUT2D eigenvalue weighted by Gasteiger charge is -2.24. The summed E-state index contributed by atoms with van der Waals surface area (Å²) in [6.45, 7) is 0. The molecule has 1 saturated carbocycles. The summed E-state index contributed by atoms with van der Waals surface area (Å²) in [5.74, 6) is -0.629. The Hall–Kier alpha value is -1.41. The zero-order valence-corrected chi connectivity index (χ0v) is 13.8. The van der Waals surface area contributed by atoms with Gasteiger partial charge in [-0.05, 0) is 25.0 Å². The SMILES string of the molecule is O=C(N=C1S[C@@H]2CS(=O)(=O)C[C@H]2N1c1ccccc1F)C1CC1. The van der Waals surface area contributed by atoms with E-state index in [0.717, 1.165) is 12.8 Å². The lowest BCUT2D eigenvalue weighted by atomic mass is 10.2. The summed E-state index contributed by atoms with van der Waals surface area (Å²) in [7, 11) is -3.14. The first kappa shape index (κ1) is 15.1. The number of sulfone groups is 1. The first-order valence-electron chi connectivity index (χ1n) is 7.48. The van der Waals surface area contributed by atoms with E-state index < -0.39 is 15.7 Å². The third kappa shape index (κ3) is 2.78. The summed E-state index contributed by atoms with van der Waals surface area (Å²) in [6.07, 6.45) is 1.70. The fourth-order valence-corrected chi connectivity index (χ4v) is 6.92. The van der Waals surface area contributed by atoms with Gasteiger partial charge in [-0.25, -0.2) is 12.8 Å². The number of halogens is 1. The van der Waals surface area contributed by atoms with Crippen molar-refractivity contribution in [3.05, 3.63) is 30.1 Å². The molecule has 0 N–H and O–H groups in total. The predicted octanol–water partition coefficient (Wildman–Crippen LogP) is 1.84. The van der Waals surface area contributed by atoms with Crippen molar-refractivity contribution in [2.24, 2.45) is 10.9 Å². The second-order valence-corrected chi connectivity index (χ2v) is 9.49. The Labute approximate surface area is 137 Å². The van der Waals surface area contributed by atoms with Crippen LogP contribution in [0.5, 0.6) is 0 Å². The van der Waals surface area contributed by atoms with Gasteiger partial charge in [-0.3, -0.25) is 4.79 Å². The van der Waals surface area contributed by atoms with Gasteiger partial charge < -0.3 is 4.90 Å². The molecule has 0 radical (unpaired) electrons. The lowest BCUT2D eigenvalue weighted by molar-refractivity contribution is -0.118. The first-order chi connectivity index (χ1) is 10.9. The fraction of sp³-hybridized carbons (Fsp3) is 0.467. The van der Waals surface area contributed by atoms with E-state index in [-0.39, 0.29) is 40.3 Å². The average molecular weight is 354 g/mol. The van der Waals surface area contributed by atoms with Gasteiger partial charge >= 0.3 is 0 Å². The average Bonchev–Trinajstić information content (AvgIpc) is 3.22. The van der Waals surface area contributed by atoms with Crippen LogP contribution in [0, 0.1) is 11.7 Å². The smallest absolute Gasteiger partial charge is 0.251 e. The monoisotopic (exact) mass is 354 g/mol. The van der Waals surface area contributed by atoms with Gasteiger partial charge in [0.15, 0.2) is 15.0 Å². The van der Waals surface area contributed by atoms with Crippen molar-refractivity contribution in [2.75, 3.05) is 16.4 Å². The molecule has 3 aliphatic rings. The number of para-hydroxylation sites is 1. The highest BCUT2D eigenvalue weighted by Gasteiger charge is 2.50. The van der Waals surface area contributed by atoms with Gasteiger partial charge in [-0.15, -0.1) is 0 Å². The number of carbonyl (C=O) groups excluding carboxylic acids is 1. The third-order valence-corrected chi connectivity index (χ3v) is 7.52. The summed E-state index contributed by atoms with van der Waals surface area (Å²) in [6, 6.07) is 5.84. The van der Waals surface area contributed by atoms with Gasteiger partial charge in [-0.1, -0.05) is 23.9 Å². The Kier molecular flexibility index (Phi) is 3.49. The van der Waals surface area contributed by atoms with Crippen LogP contribution in [0.1, 0.15) is 12.8 Å². The number of nitrogens with zero attached hydrogens (tertiary/aromatic N) is 2. The van der Waals surface area contributed by atoms with E-state index in [1.807, 2.05) is 0 Å². The topological polar surface area (TPSA) is 66.8 Å². The maximum atomic E-state index is 14.2. The van der Waals surface area contributed by atoms with Crippen LogP contribution in [0.2, 0.25) is 0 Å². The van der Waals surface area contributed by atoms with Crippen molar-refractivity contribution in [3.63, 3.8) is 0 Å². The number of carbonyl (C=O) groups is 1. The molecule has 2 heterocycles. The van der Waals surface area contributed by atoms with Crippen molar-refractivity contribution in [3.8, 4) is 0 Å². The zero-order valence-electron chi connectivity index (χ0n) is 12.2. The van der Waals surface area contributed by atoms with E-state index >= 15 is 0 Å². The van der Waals surface area contributed by atoms with Crippen LogP contribution < -0.4 is 4.90 Å². The third-order valence-electron chi connectivity index (χ3n) is 4.31. The quantitative estimate of drug-likeness (QED) is 0.811. The van der Waals surface area contributed by atoms with Gasteiger partial charge in [-0.2, -0.15) is 4.99 Å². The molecule has 0 spiro atoms. The van der Waals surface area contributed by atoms with Gasteiger partial charge in [0.05, 0.1) is 23.2 Å². The summed E-state index contributed by atoms with van der Waals surface area (Å²) in [5, 5.41) is 0.224. The molecule has 1 amide bonds. The number of rotatable bonds is 2. The molecule has 0 bridgehead atoms. The molecule has 1 aliphatic carbocycles. The number of fused-ring (bicyclic) bond motifs is 1. The van der Waals surface area contributed by atoms with Crippen LogP contribution >= 0.6 is 11.8 Å². The van der Waals surface area contributed by atoms with E-state index in [1.54, 1.807) is 23.1 Å². The predicted molar refractivity (Wildman–Crippen MR) is 87.9 cm³/mol. The number of amidine groups is 1. The molecule has 23 heavy (non-hydrogen) atoms. The van der Waals surface area contributed by atoms with E-state index in [4.69, 9.17) is 0 Å². The van der Waals surface area contributed by atoms with E-state index in [9.17, 15) is 17.6 Å². The molecule has 5 nitrogen and oxygen atoms in total. The van der Waals surface area contributed by atoms with Gasteiger partial charge in [0.2, 0.25) is 0 Å². The molecule has 4 rings (SSSR count). The van der Waals surface area contributed by atoms with Crippen LogP contribution in [0.25, 0.3) is 0 Å². The van der Waals surface area contributed by atoms with E-state index in [2.05, 4.69) is 4.99 Å². The van der Waals surface area contributed by atoms with E-state index in [0.29, 0.717) is 5.17 Å². The highest BCUT2D eigenvalue weighted by molar-refractivity contribution is 8.16. The number of benzene rings is 1. The Morgan fingerprint density at radius 1 is 1.26 bits per heavy atom. The number of anilines is 1.